The van der Waals surface area contributed by atoms with Gasteiger partial charge in [0.1, 0.15) is 6.07 Å². The highest BCUT2D eigenvalue weighted by molar-refractivity contribution is 5.40. The van der Waals surface area contributed by atoms with E-state index in [1.54, 1.807) is 10.9 Å². The maximum absolute atomic E-state index is 8.89. The topological polar surface area (TPSA) is 41.6 Å². The molecule has 17 heavy (non-hydrogen) atoms. The molecule has 0 saturated heterocycles. The molecular weight excluding hydrogens is 210 g/mol. The number of nitrogens with zero attached hydrogens (tertiary/aromatic N) is 3. The van der Waals surface area contributed by atoms with Crippen LogP contribution in [-0.4, -0.2) is 9.78 Å². The molecule has 1 heterocycles. The molecule has 86 valence electrons. The summed E-state index contributed by atoms with van der Waals surface area (Å²) in [5.41, 5.74) is 3.80. The summed E-state index contributed by atoms with van der Waals surface area (Å²) in [6.45, 7) is 6.24. The van der Waals surface area contributed by atoms with Crippen LogP contribution < -0.4 is 0 Å². The molecule has 0 bridgehead atoms. The summed E-state index contributed by atoms with van der Waals surface area (Å²) in [7, 11) is 0. The van der Waals surface area contributed by atoms with Crippen LogP contribution in [0, 0.1) is 18.3 Å². The van der Waals surface area contributed by atoms with E-state index in [4.69, 9.17) is 5.26 Å². The molecule has 0 amide bonds. The molecule has 0 N–H and O–H groups in total. The SMILES string of the molecule is Cc1c(C#N)cnn1-c1ccc(C(C)C)cc1. The van der Waals surface area contributed by atoms with E-state index in [-0.39, 0.29) is 0 Å². The quantitative estimate of drug-likeness (QED) is 0.787. The Morgan fingerprint density at radius 2 is 1.88 bits per heavy atom. The second kappa shape index (κ2) is 4.42. The minimum Gasteiger partial charge on any atom is -0.237 e. The van der Waals surface area contributed by atoms with Gasteiger partial charge in [-0.25, -0.2) is 4.68 Å². The third-order valence-corrected chi connectivity index (χ3v) is 2.93. The zero-order valence-electron chi connectivity index (χ0n) is 10.3. The van der Waals surface area contributed by atoms with Gasteiger partial charge in [-0.05, 0) is 30.5 Å². The number of hydrogen-bond acceptors (Lipinski definition) is 2. The molecule has 0 unspecified atom stereocenters. The molecular formula is C14H15N3. The second-order valence-electron chi connectivity index (χ2n) is 4.41. The molecule has 0 aliphatic heterocycles. The van der Waals surface area contributed by atoms with Gasteiger partial charge in [0.2, 0.25) is 0 Å². The first-order chi connectivity index (χ1) is 8.13. The highest BCUT2D eigenvalue weighted by atomic mass is 15.3. The Balaban J connectivity index is 2.40. The van der Waals surface area contributed by atoms with Crippen LogP contribution in [0.3, 0.4) is 0 Å². The average Bonchev–Trinajstić information content (AvgIpc) is 2.70. The largest absolute Gasteiger partial charge is 0.237 e. The predicted molar refractivity (Wildman–Crippen MR) is 67.1 cm³/mol. The van der Waals surface area contributed by atoms with E-state index in [1.807, 2.05) is 19.1 Å². The molecule has 0 saturated carbocycles. The molecule has 0 atom stereocenters. The van der Waals surface area contributed by atoms with Crippen LogP contribution in [0.4, 0.5) is 0 Å². The van der Waals surface area contributed by atoms with Crippen molar-refractivity contribution in [3.05, 3.63) is 47.3 Å². The molecule has 3 heteroatoms. The van der Waals surface area contributed by atoms with Gasteiger partial charge in [0.15, 0.2) is 0 Å². The first kappa shape index (κ1) is 11.4. The summed E-state index contributed by atoms with van der Waals surface area (Å²) in [5.74, 6) is 0.525. The van der Waals surface area contributed by atoms with Gasteiger partial charge in [0, 0.05) is 0 Å². The fraction of sp³-hybridized carbons (Fsp3) is 0.286. The number of nitriles is 1. The third kappa shape index (κ3) is 2.07. The Hall–Kier alpha value is -2.08. The van der Waals surface area contributed by atoms with Crippen LogP contribution in [-0.2, 0) is 0 Å². The number of benzene rings is 1. The minimum atomic E-state index is 0.525. The van der Waals surface area contributed by atoms with Gasteiger partial charge in [0.25, 0.3) is 0 Å². The smallest absolute Gasteiger partial charge is 0.103 e. The molecule has 2 rings (SSSR count). The van der Waals surface area contributed by atoms with Crippen molar-refractivity contribution in [2.75, 3.05) is 0 Å². The first-order valence-electron chi connectivity index (χ1n) is 5.68. The van der Waals surface area contributed by atoms with E-state index in [2.05, 4.69) is 37.1 Å². The summed E-state index contributed by atoms with van der Waals surface area (Å²) in [6.07, 6.45) is 1.60. The van der Waals surface area contributed by atoms with Crippen molar-refractivity contribution in [1.82, 2.24) is 9.78 Å². The molecule has 3 nitrogen and oxygen atoms in total. The van der Waals surface area contributed by atoms with E-state index < -0.39 is 0 Å². The van der Waals surface area contributed by atoms with Crippen molar-refractivity contribution in [3.63, 3.8) is 0 Å². The van der Waals surface area contributed by atoms with Gasteiger partial charge in [-0.1, -0.05) is 26.0 Å². The molecule has 1 aromatic heterocycles. The van der Waals surface area contributed by atoms with Crippen LogP contribution >= 0.6 is 0 Å². The van der Waals surface area contributed by atoms with Crippen LogP contribution in [0.15, 0.2) is 30.5 Å². The molecule has 0 spiro atoms. The van der Waals surface area contributed by atoms with Crippen LogP contribution in [0.5, 0.6) is 0 Å². The van der Waals surface area contributed by atoms with E-state index in [0.717, 1.165) is 11.4 Å². The van der Waals surface area contributed by atoms with Gasteiger partial charge in [-0.2, -0.15) is 10.4 Å². The molecule has 1 aromatic carbocycles. The fourth-order valence-corrected chi connectivity index (χ4v) is 1.78. The predicted octanol–water partition coefficient (Wildman–Crippen LogP) is 3.18. The molecule has 0 aliphatic carbocycles. The Labute approximate surface area is 101 Å². The van der Waals surface area contributed by atoms with Crippen LogP contribution in [0.25, 0.3) is 5.69 Å². The monoisotopic (exact) mass is 225 g/mol. The minimum absolute atomic E-state index is 0.525. The normalized spacial score (nSPS) is 10.5. The van der Waals surface area contributed by atoms with Crippen LogP contribution in [0.2, 0.25) is 0 Å². The first-order valence-corrected chi connectivity index (χ1v) is 5.68. The molecule has 0 fully saturated rings. The molecule has 0 aliphatic rings. The Bertz CT molecular complexity index is 556. The van der Waals surface area contributed by atoms with Crippen molar-refractivity contribution in [1.29, 1.82) is 5.26 Å². The van der Waals surface area contributed by atoms with Crippen LogP contribution in [0.1, 0.15) is 36.6 Å². The fourth-order valence-electron chi connectivity index (χ4n) is 1.78. The number of aromatic nitrogens is 2. The Morgan fingerprint density at radius 3 is 2.35 bits per heavy atom. The number of rotatable bonds is 2. The van der Waals surface area contributed by atoms with Crippen molar-refractivity contribution < 1.29 is 0 Å². The van der Waals surface area contributed by atoms with Crippen molar-refractivity contribution in [2.24, 2.45) is 0 Å². The lowest BCUT2D eigenvalue weighted by Crippen LogP contribution is -1.99. The average molecular weight is 225 g/mol. The van der Waals surface area contributed by atoms with E-state index in [9.17, 15) is 0 Å². The third-order valence-electron chi connectivity index (χ3n) is 2.93. The van der Waals surface area contributed by atoms with Gasteiger partial charge in [-0.3, -0.25) is 0 Å². The summed E-state index contributed by atoms with van der Waals surface area (Å²) in [6, 6.07) is 10.4. The van der Waals surface area contributed by atoms with Crippen molar-refractivity contribution >= 4 is 0 Å². The maximum Gasteiger partial charge on any atom is 0.103 e. The molecule has 0 radical (unpaired) electrons. The lowest BCUT2D eigenvalue weighted by molar-refractivity contribution is 0.836. The zero-order valence-corrected chi connectivity index (χ0v) is 10.3. The van der Waals surface area contributed by atoms with Gasteiger partial charge >= 0.3 is 0 Å². The molecule has 2 aromatic rings. The van der Waals surface area contributed by atoms with E-state index in [1.165, 1.54) is 5.56 Å². The summed E-state index contributed by atoms with van der Waals surface area (Å²) >= 11 is 0. The lowest BCUT2D eigenvalue weighted by Gasteiger charge is -2.08. The highest BCUT2D eigenvalue weighted by Gasteiger charge is 2.07. The van der Waals surface area contributed by atoms with Crippen molar-refractivity contribution in [3.8, 4) is 11.8 Å². The van der Waals surface area contributed by atoms with Crippen molar-refractivity contribution in [2.45, 2.75) is 26.7 Å². The Morgan fingerprint density at radius 1 is 1.24 bits per heavy atom. The Kier molecular flexibility index (Phi) is 2.97. The van der Waals surface area contributed by atoms with Gasteiger partial charge in [-0.15, -0.1) is 0 Å². The summed E-state index contributed by atoms with van der Waals surface area (Å²) in [5, 5.41) is 13.1. The van der Waals surface area contributed by atoms with Gasteiger partial charge in [0.05, 0.1) is 23.1 Å². The zero-order chi connectivity index (χ0) is 12.4. The standard InChI is InChI=1S/C14H15N3/c1-10(2)12-4-6-14(7-5-12)17-11(3)13(8-15)9-16-17/h4-7,9-10H,1-3H3. The van der Waals surface area contributed by atoms with E-state index in [0.29, 0.717) is 11.5 Å². The second-order valence-corrected chi connectivity index (χ2v) is 4.41. The highest BCUT2D eigenvalue weighted by Crippen LogP contribution is 2.18. The summed E-state index contributed by atoms with van der Waals surface area (Å²) in [4.78, 5) is 0. The van der Waals surface area contributed by atoms with E-state index >= 15 is 0 Å². The maximum atomic E-state index is 8.89. The number of hydrogen-bond donors (Lipinski definition) is 0. The van der Waals surface area contributed by atoms with Gasteiger partial charge < -0.3 is 0 Å². The lowest BCUT2D eigenvalue weighted by atomic mass is 10.0. The summed E-state index contributed by atoms with van der Waals surface area (Å²) < 4.78 is 1.79.